The molecule has 1 unspecified atom stereocenters. The van der Waals surface area contributed by atoms with Crippen molar-refractivity contribution in [2.24, 2.45) is 11.8 Å². The molecule has 1 aromatic heterocycles. The van der Waals surface area contributed by atoms with E-state index >= 15 is 0 Å². The molecular formula is C12H19N3O2. The van der Waals surface area contributed by atoms with Crippen LogP contribution in [0.4, 0.5) is 5.82 Å². The highest BCUT2D eigenvalue weighted by Crippen LogP contribution is 2.14. The number of hydrogen-bond acceptors (Lipinski definition) is 4. The first kappa shape index (κ1) is 13.4. The van der Waals surface area contributed by atoms with Crippen LogP contribution in [0.5, 0.6) is 0 Å². The zero-order valence-electron chi connectivity index (χ0n) is 10.5. The first-order chi connectivity index (χ1) is 8.00. The Morgan fingerprint density at radius 1 is 1.41 bits per heavy atom. The molecule has 1 atom stereocenters. The predicted octanol–water partition coefficient (Wildman–Crippen LogP) is 1.94. The molecule has 0 radical (unpaired) electrons. The molecule has 0 saturated carbocycles. The number of carbonyl (C=O) groups is 1. The lowest BCUT2D eigenvalue weighted by molar-refractivity contribution is -0.141. The molecule has 5 heteroatoms. The van der Waals surface area contributed by atoms with Crippen molar-refractivity contribution in [3.63, 3.8) is 0 Å². The number of nitrogens with zero attached hydrogens (tertiary/aromatic N) is 2. The first-order valence-corrected chi connectivity index (χ1v) is 5.75. The normalized spacial score (nSPS) is 12.5. The number of aryl methyl sites for hydroxylation is 1. The molecule has 1 aromatic rings. The largest absolute Gasteiger partial charge is 0.481 e. The summed E-state index contributed by atoms with van der Waals surface area (Å²) in [6, 6.07) is 0. The molecule has 0 aromatic carbocycles. The fourth-order valence-corrected chi connectivity index (χ4v) is 1.64. The summed E-state index contributed by atoms with van der Waals surface area (Å²) in [6.07, 6.45) is 3.86. The summed E-state index contributed by atoms with van der Waals surface area (Å²) in [5.41, 5.74) is 0.779. The maximum absolute atomic E-state index is 11.1. The van der Waals surface area contributed by atoms with E-state index in [1.807, 2.05) is 20.8 Å². The zero-order chi connectivity index (χ0) is 12.8. The van der Waals surface area contributed by atoms with Crippen LogP contribution in [0.1, 0.15) is 26.0 Å². The van der Waals surface area contributed by atoms with E-state index < -0.39 is 11.9 Å². The first-order valence-electron chi connectivity index (χ1n) is 5.75. The van der Waals surface area contributed by atoms with Crippen LogP contribution in [-0.2, 0) is 4.79 Å². The minimum atomic E-state index is -0.771. The van der Waals surface area contributed by atoms with Gasteiger partial charge in [0.25, 0.3) is 0 Å². The van der Waals surface area contributed by atoms with E-state index in [1.165, 1.54) is 0 Å². The number of anilines is 1. The number of carboxylic acid groups (broad SMARTS) is 1. The van der Waals surface area contributed by atoms with Crippen molar-refractivity contribution in [3.8, 4) is 0 Å². The Labute approximate surface area is 101 Å². The fourth-order valence-electron chi connectivity index (χ4n) is 1.64. The third kappa shape index (κ3) is 4.38. The molecule has 0 aliphatic heterocycles. The Hall–Kier alpha value is -1.65. The van der Waals surface area contributed by atoms with Crippen molar-refractivity contribution in [3.05, 3.63) is 18.1 Å². The second-order valence-electron chi connectivity index (χ2n) is 4.54. The van der Waals surface area contributed by atoms with Gasteiger partial charge in [0, 0.05) is 18.9 Å². The fraction of sp³-hybridized carbons (Fsp3) is 0.583. The average Bonchev–Trinajstić information content (AvgIpc) is 2.25. The molecule has 0 fully saturated rings. The van der Waals surface area contributed by atoms with Crippen LogP contribution >= 0.6 is 0 Å². The third-order valence-corrected chi connectivity index (χ3v) is 2.50. The van der Waals surface area contributed by atoms with Gasteiger partial charge in [-0.05, 0) is 19.3 Å². The number of aromatic nitrogens is 2. The van der Waals surface area contributed by atoms with Gasteiger partial charge in [0.1, 0.15) is 5.82 Å². The topological polar surface area (TPSA) is 75.1 Å². The molecule has 0 amide bonds. The lowest BCUT2D eigenvalue weighted by atomic mass is 9.97. The summed E-state index contributed by atoms with van der Waals surface area (Å²) in [4.78, 5) is 19.3. The summed E-state index contributed by atoms with van der Waals surface area (Å²) in [5, 5.41) is 12.1. The number of aliphatic carboxylic acids is 1. The molecular weight excluding hydrogens is 218 g/mol. The summed E-state index contributed by atoms with van der Waals surface area (Å²) in [6.45, 7) is 6.26. The van der Waals surface area contributed by atoms with E-state index in [2.05, 4.69) is 15.3 Å². The van der Waals surface area contributed by atoms with Crippen LogP contribution < -0.4 is 5.32 Å². The Bertz CT molecular complexity index is 380. The van der Waals surface area contributed by atoms with Crippen molar-refractivity contribution in [2.75, 3.05) is 11.9 Å². The van der Waals surface area contributed by atoms with Gasteiger partial charge in [-0.3, -0.25) is 9.78 Å². The Morgan fingerprint density at radius 2 is 2.06 bits per heavy atom. The highest BCUT2D eigenvalue weighted by atomic mass is 16.4. The molecule has 0 bridgehead atoms. The molecule has 5 nitrogen and oxygen atoms in total. The molecule has 17 heavy (non-hydrogen) atoms. The molecule has 0 spiro atoms. The van der Waals surface area contributed by atoms with Crippen molar-refractivity contribution >= 4 is 11.8 Å². The number of hydrogen-bond donors (Lipinski definition) is 2. The smallest absolute Gasteiger partial charge is 0.308 e. The van der Waals surface area contributed by atoms with E-state index in [9.17, 15) is 4.79 Å². The molecule has 2 N–H and O–H groups in total. The molecule has 1 heterocycles. The second-order valence-corrected chi connectivity index (χ2v) is 4.54. The van der Waals surface area contributed by atoms with E-state index in [0.717, 1.165) is 5.69 Å². The van der Waals surface area contributed by atoms with Crippen molar-refractivity contribution in [1.29, 1.82) is 0 Å². The second kappa shape index (κ2) is 6.18. The van der Waals surface area contributed by atoms with Gasteiger partial charge in [-0.1, -0.05) is 13.8 Å². The Kier molecular flexibility index (Phi) is 4.87. The number of nitrogens with one attached hydrogen (secondary N) is 1. The van der Waals surface area contributed by atoms with Crippen LogP contribution in [0.25, 0.3) is 0 Å². The molecule has 94 valence electrons. The molecule has 1 rings (SSSR count). The lowest BCUT2D eigenvalue weighted by Crippen LogP contribution is -2.25. The highest BCUT2D eigenvalue weighted by Gasteiger charge is 2.19. The van der Waals surface area contributed by atoms with Crippen LogP contribution in [0.2, 0.25) is 0 Å². The van der Waals surface area contributed by atoms with E-state index in [4.69, 9.17) is 5.11 Å². The van der Waals surface area contributed by atoms with Gasteiger partial charge in [0.2, 0.25) is 0 Å². The minimum absolute atomic E-state index is 0.362. The molecule has 0 saturated heterocycles. The Morgan fingerprint density at radius 3 is 2.59 bits per heavy atom. The van der Waals surface area contributed by atoms with E-state index in [-0.39, 0.29) is 0 Å². The van der Waals surface area contributed by atoms with E-state index in [0.29, 0.717) is 24.7 Å². The predicted molar refractivity (Wildman–Crippen MR) is 65.8 cm³/mol. The standard InChI is InChI=1S/C12H19N3O2/c1-8(2)6-10(12(16)17)7-15-11-9(3)13-4-5-14-11/h4-5,8,10H,6-7H2,1-3H3,(H,14,15)(H,16,17). The van der Waals surface area contributed by atoms with Crippen LogP contribution in [-0.4, -0.2) is 27.6 Å². The van der Waals surface area contributed by atoms with Crippen LogP contribution in [0.3, 0.4) is 0 Å². The van der Waals surface area contributed by atoms with Gasteiger partial charge in [-0.15, -0.1) is 0 Å². The van der Waals surface area contributed by atoms with Gasteiger partial charge >= 0.3 is 5.97 Å². The molecule has 0 aliphatic rings. The zero-order valence-corrected chi connectivity index (χ0v) is 10.5. The van der Waals surface area contributed by atoms with Gasteiger partial charge in [-0.25, -0.2) is 4.98 Å². The maximum atomic E-state index is 11.1. The van der Waals surface area contributed by atoms with Gasteiger partial charge < -0.3 is 10.4 Å². The monoisotopic (exact) mass is 237 g/mol. The van der Waals surface area contributed by atoms with Crippen molar-refractivity contribution < 1.29 is 9.90 Å². The summed E-state index contributed by atoms with van der Waals surface area (Å²) >= 11 is 0. The highest BCUT2D eigenvalue weighted by molar-refractivity contribution is 5.70. The third-order valence-electron chi connectivity index (χ3n) is 2.50. The SMILES string of the molecule is Cc1nccnc1NCC(CC(C)C)C(=O)O. The number of rotatable bonds is 6. The minimum Gasteiger partial charge on any atom is -0.481 e. The molecule has 0 aliphatic carbocycles. The van der Waals surface area contributed by atoms with Crippen LogP contribution in [0.15, 0.2) is 12.4 Å². The maximum Gasteiger partial charge on any atom is 0.308 e. The van der Waals surface area contributed by atoms with Crippen LogP contribution in [0, 0.1) is 18.8 Å². The van der Waals surface area contributed by atoms with Gasteiger partial charge in [0.15, 0.2) is 0 Å². The summed E-state index contributed by atoms with van der Waals surface area (Å²) in [7, 11) is 0. The van der Waals surface area contributed by atoms with Crippen molar-refractivity contribution in [2.45, 2.75) is 27.2 Å². The summed E-state index contributed by atoms with van der Waals surface area (Å²) < 4.78 is 0. The lowest BCUT2D eigenvalue weighted by Gasteiger charge is -2.16. The average molecular weight is 237 g/mol. The summed E-state index contributed by atoms with van der Waals surface area (Å²) in [5.74, 6) is -0.146. The van der Waals surface area contributed by atoms with Gasteiger partial charge in [0.05, 0.1) is 11.6 Å². The van der Waals surface area contributed by atoms with E-state index in [1.54, 1.807) is 12.4 Å². The van der Waals surface area contributed by atoms with Gasteiger partial charge in [-0.2, -0.15) is 0 Å². The Balaban J connectivity index is 2.58. The number of carboxylic acids is 1. The quantitative estimate of drug-likeness (QED) is 0.790. The van der Waals surface area contributed by atoms with Crippen molar-refractivity contribution in [1.82, 2.24) is 9.97 Å².